The van der Waals surface area contributed by atoms with Crippen molar-refractivity contribution in [3.8, 4) is 0 Å². The molecule has 0 spiro atoms. The predicted octanol–water partition coefficient (Wildman–Crippen LogP) is 8.47. The molecule has 0 unspecified atom stereocenters. The summed E-state index contributed by atoms with van der Waals surface area (Å²) in [4.78, 5) is 54.9. The summed E-state index contributed by atoms with van der Waals surface area (Å²) in [6.07, 6.45) is 10.8. The van der Waals surface area contributed by atoms with Crippen LogP contribution in [0.15, 0.2) is 30.5 Å². The lowest BCUT2D eigenvalue weighted by Gasteiger charge is -2.72. The molecule has 5 fully saturated rings. The van der Waals surface area contributed by atoms with Gasteiger partial charge in [0.1, 0.15) is 6.10 Å². The highest BCUT2D eigenvalue weighted by molar-refractivity contribution is 5.87. The average Bonchev–Trinajstić information content (AvgIpc) is 3.46. The van der Waals surface area contributed by atoms with Crippen molar-refractivity contribution in [2.45, 2.75) is 139 Å². The van der Waals surface area contributed by atoms with Crippen LogP contribution >= 0.6 is 0 Å². The standard InChI is InChI=1S/C43H62N2O7/c1-25(2)28-14-19-43(36(49)45-24-27-11-10-26(23-44-27)35(47)48)21-20-41(8)29(34(28)43)12-13-31-40(7)17-16-32(52-33(46)22-38(3,4)37(50)51)39(5,6)30(40)15-18-42(31,41)9/h10-11,23,28-32,34H,1,12-22,24H2,2-9H3,(H,45,49)(H,47,48)(H,50,51)/t28-,29+,30-,31+,32-,34+,40-,41+,42+,43-/m0/s1. The predicted molar refractivity (Wildman–Crippen MR) is 198 cm³/mol. The van der Waals surface area contributed by atoms with Crippen molar-refractivity contribution in [2.24, 2.45) is 62.1 Å². The molecule has 5 saturated carbocycles. The number of carbonyl (C=O) groups excluding carboxylic acids is 2. The van der Waals surface area contributed by atoms with E-state index in [0.717, 1.165) is 64.2 Å². The van der Waals surface area contributed by atoms with Crippen LogP contribution < -0.4 is 5.32 Å². The molecular weight excluding hydrogens is 656 g/mol. The number of hydrogen-bond donors (Lipinski definition) is 3. The maximum absolute atomic E-state index is 14.5. The minimum Gasteiger partial charge on any atom is -0.481 e. The molecule has 6 rings (SSSR count). The van der Waals surface area contributed by atoms with Crippen molar-refractivity contribution in [3.05, 3.63) is 41.7 Å². The van der Waals surface area contributed by atoms with Gasteiger partial charge < -0.3 is 20.3 Å². The minimum atomic E-state index is -1.17. The van der Waals surface area contributed by atoms with E-state index in [-0.39, 0.29) is 58.1 Å². The molecule has 1 amide bonds. The Labute approximate surface area is 310 Å². The Morgan fingerprint density at radius 2 is 1.62 bits per heavy atom. The molecule has 286 valence electrons. The van der Waals surface area contributed by atoms with E-state index in [1.54, 1.807) is 19.9 Å². The van der Waals surface area contributed by atoms with Gasteiger partial charge >= 0.3 is 17.9 Å². The van der Waals surface area contributed by atoms with Crippen molar-refractivity contribution >= 4 is 23.8 Å². The third-order valence-corrected chi connectivity index (χ3v) is 16.4. The van der Waals surface area contributed by atoms with Crippen molar-refractivity contribution in [3.63, 3.8) is 0 Å². The number of aromatic nitrogens is 1. The number of carboxylic acids is 2. The topological polar surface area (TPSA) is 143 Å². The molecule has 0 bridgehead atoms. The van der Waals surface area contributed by atoms with Crippen LogP contribution in [0.25, 0.3) is 0 Å². The van der Waals surface area contributed by atoms with Gasteiger partial charge in [0.2, 0.25) is 5.91 Å². The van der Waals surface area contributed by atoms with E-state index in [4.69, 9.17) is 4.74 Å². The molecule has 52 heavy (non-hydrogen) atoms. The molecule has 5 aliphatic carbocycles. The zero-order chi connectivity index (χ0) is 38.2. The fourth-order valence-corrected chi connectivity index (χ4v) is 13.4. The maximum Gasteiger partial charge on any atom is 0.337 e. The molecule has 9 nitrogen and oxygen atoms in total. The van der Waals surface area contributed by atoms with E-state index in [1.807, 2.05) is 0 Å². The summed E-state index contributed by atoms with van der Waals surface area (Å²) < 4.78 is 6.16. The van der Waals surface area contributed by atoms with Crippen molar-refractivity contribution in [1.82, 2.24) is 10.3 Å². The Morgan fingerprint density at radius 1 is 0.904 bits per heavy atom. The number of carboxylic acid groups (broad SMARTS) is 2. The number of ether oxygens (including phenoxy) is 1. The van der Waals surface area contributed by atoms with E-state index < -0.39 is 28.7 Å². The Morgan fingerprint density at radius 3 is 2.23 bits per heavy atom. The second-order valence-corrected chi connectivity index (χ2v) is 19.6. The molecule has 0 saturated heterocycles. The number of allylic oxidation sites excluding steroid dienone is 1. The van der Waals surface area contributed by atoms with Gasteiger partial charge in [0.15, 0.2) is 0 Å². The van der Waals surface area contributed by atoms with E-state index >= 15 is 0 Å². The number of nitrogens with zero attached hydrogens (tertiary/aromatic N) is 1. The number of hydrogen-bond acceptors (Lipinski definition) is 6. The van der Waals surface area contributed by atoms with Crippen LogP contribution in [0.3, 0.4) is 0 Å². The van der Waals surface area contributed by atoms with Crippen molar-refractivity contribution in [2.75, 3.05) is 0 Å². The van der Waals surface area contributed by atoms with Crippen LogP contribution in [-0.2, 0) is 25.7 Å². The van der Waals surface area contributed by atoms with Gasteiger partial charge in [-0.2, -0.15) is 0 Å². The molecule has 0 radical (unpaired) electrons. The minimum absolute atomic E-state index is 0.0560. The Hall–Kier alpha value is -3.23. The molecule has 1 aromatic rings. The van der Waals surface area contributed by atoms with Gasteiger partial charge in [-0.15, -0.1) is 0 Å². The summed E-state index contributed by atoms with van der Waals surface area (Å²) in [5.41, 5.74) is 0.310. The zero-order valence-corrected chi connectivity index (χ0v) is 32.8. The largest absolute Gasteiger partial charge is 0.481 e. The SMILES string of the molecule is C=C(C)[C@@H]1CC[C@]2(C(=O)NCc3ccc(C(=O)O)cn3)CC[C@]3(C)[C@H](CC[C@@H]4[C@@]5(C)CC[C@H](OC(=O)CC(C)(C)C(=O)O)C(C)(C)[C@@H]5CC[C@]43C)[C@@H]12. The van der Waals surface area contributed by atoms with Gasteiger partial charge in [0, 0.05) is 11.6 Å². The van der Waals surface area contributed by atoms with E-state index in [2.05, 4.69) is 58.4 Å². The highest BCUT2D eigenvalue weighted by Gasteiger charge is 2.72. The van der Waals surface area contributed by atoms with Gasteiger partial charge in [0.05, 0.1) is 35.1 Å². The number of esters is 1. The first kappa shape index (κ1) is 38.5. The number of fused-ring (bicyclic) bond motifs is 7. The summed E-state index contributed by atoms with van der Waals surface area (Å²) in [5, 5.41) is 22.1. The quantitative estimate of drug-likeness (QED) is 0.171. The Bertz CT molecular complexity index is 1630. The maximum atomic E-state index is 14.5. The highest BCUT2D eigenvalue weighted by atomic mass is 16.5. The fraction of sp³-hybridized carbons (Fsp3) is 0.744. The smallest absolute Gasteiger partial charge is 0.337 e. The highest BCUT2D eigenvalue weighted by Crippen LogP contribution is 2.77. The normalized spacial score (nSPS) is 39.2. The van der Waals surface area contributed by atoms with Crippen LogP contribution in [0.5, 0.6) is 0 Å². The molecule has 3 N–H and O–H groups in total. The van der Waals surface area contributed by atoms with E-state index in [1.165, 1.54) is 17.8 Å². The molecule has 0 aliphatic heterocycles. The second kappa shape index (κ2) is 13.0. The lowest BCUT2D eigenvalue weighted by Crippen LogP contribution is -2.67. The molecule has 5 aliphatic rings. The average molecular weight is 719 g/mol. The lowest BCUT2D eigenvalue weighted by atomic mass is 9.32. The summed E-state index contributed by atoms with van der Waals surface area (Å²) in [6, 6.07) is 3.22. The molecule has 0 aromatic carbocycles. The summed E-state index contributed by atoms with van der Waals surface area (Å²) in [5.74, 6) is -0.536. The third-order valence-electron chi connectivity index (χ3n) is 16.4. The first-order valence-corrected chi connectivity index (χ1v) is 19.7. The number of carbonyl (C=O) groups is 4. The molecule has 9 heteroatoms. The molecular formula is C43H62N2O7. The van der Waals surface area contributed by atoms with Crippen molar-refractivity contribution < 1.29 is 34.1 Å². The van der Waals surface area contributed by atoms with Gasteiger partial charge in [-0.1, -0.05) is 46.8 Å². The van der Waals surface area contributed by atoms with Gasteiger partial charge in [-0.3, -0.25) is 19.4 Å². The number of aliphatic carboxylic acids is 1. The first-order chi connectivity index (χ1) is 24.1. The molecule has 10 atom stereocenters. The second-order valence-electron chi connectivity index (χ2n) is 19.6. The Kier molecular flexibility index (Phi) is 9.60. The number of aromatic carboxylic acids is 1. The van der Waals surface area contributed by atoms with Crippen molar-refractivity contribution in [1.29, 1.82) is 0 Å². The van der Waals surface area contributed by atoms with Gasteiger partial charge in [-0.25, -0.2) is 4.79 Å². The van der Waals surface area contributed by atoms with Gasteiger partial charge in [-0.05, 0) is 143 Å². The third kappa shape index (κ3) is 5.82. The number of rotatable bonds is 9. The number of amides is 1. The zero-order valence-electron chi connectivity index (χ0n) is 32.8. The van der Waals surface area contributed by atoms with Crippen LogP contribution in [0.2, 0.25) is 0 Å². The number of nitrogens with one attached hydrogen (secondary N) is 1. The lowest BCUT2D eigenvalue weighted by molar-refractivity contribution is -0.249. The van der Waals surface area contributed by atoms with Crippen LogP contribution in [0, 0.1) is 62.1 Å². The van der Waals surface area contributed by atoms with Crippen LogP contribution in [0.4, 0.5) is 0 Å². The number of pyridine rings is 1. The summed E-state index contributed by atoms with van der Waals surface area (Å²) in [7, 11) is 0. The fourth-order valence-electron chi connectivity index (χ4n) is 13.4. The van der Waals surface area contributed by atoms with Gasteiger partial charge in [0.25, 0.3) is 0 Å². The summed E-state index contributed by atoms with van der Waals surface area (Å²) in [6.45, 7) is 22.2. The van der Waals surface area contributed by atoms with E-state index in [9.17, 15) is 29.4 Å². The van der Waals surface area contributed by atoms with Crippen LogP contribution in [0.1, 0.15) is 142 Å². The Balaban J connectivity index is 1.24. The monoisotopic (exact) mass is 718 g/mol. The first-order valence-electron chi connectivity index (χ1n) is 19.7. The van der Waals surface area contributed by atoms with Crippen LogP contribution in [-0.4, -0.2) is 45.1 Å². The summed E-state index contributed by atoms with van der Waals surface area (Å²) >= 11 is 0. The molecule has 1 aromatic heterocycles. The van der Waals surface area contributed by atoms with E-state index in [0.29, 0.717) is 29.4 Å². The molecule has 1 heterocycles.